The Morgan fingerprint density at radius 1 is 1.40 bits per heavy atom. The summed E-state index contributed by atoms with van der Waals surface area (Å²) < 4.78 is 0. The van der Waals surface area contributed by atoms with E-state index >= 15 is 0 Å². The number of amides is 1. The fraction of sp³-hybridized carbons (Fsp3) is 0.625. The minimum atomic E-state index is -0.0341. The van der Waals surface area contributed by atoms with Gasteiger partial charge in [-0.25, -0.2) is 0 Å². The second kappa shape index (κ2) is 5.92. The van der Waals surface area contributed by atoms with Crippen molar-refractivity contribution in [1.29, 1.82) is 0 Å². The van der Waals surface area contributed by atoms with Crippen molar-refractivity contribution in [2.75, 3.05) is 0 Å². The molecule has 2 heterocycles. The molecule has 2 fully saturated rings. The monoisotopic (exact) mass is 273 g/mol. The van der Waals surface area contributed by atoms with E-state index in [0.29, 0.717) is 12.0 Å². The number of hydrogen-bond donors (Lipinski definition) is 2. The molecule has 1 saturated heterocycles. The van der Waals surface area contributed by atoms with Gasteiger partial charge in [-0.1, -0.05) is 18.9 Å². The Bertz CT molecular complexity index is 448. The lowest BCUT2D eigenvalue weighted by Crippen LogP contribution is -2.44. The third kappa shape index (κ3) is 2.85. The van der Waals surface area contributed by atoms with Crippen LogP contribution in [0.15, 0.2) is 24.4 Å². The van der Waals surface area contributed by atoms with Crippen molar-refractivity contribution in [2.45, 2.75) is 57.2 Å². The molecule has 0 bridgehead atoms. The van der Waals surface area contributed by atoms with Crippen molar-refractivity contribution in [3.05, 3.63) is 30.1 Å². The van der Waals surface area contributed by atoms with Crippen LogP contribution in [0, 0.1) is 5.92 Å². The summed E-state index contributed by atoms with van der Waals surface area (Å²) in [7, 11) is 0. The second-order valence-electron chi connectivity index (χ2n) is 6.09. The van der Waals surface area contributed by atoms with E-state index in [9.17, 15) is 4.79 Å². The quantitative estimate of drug-likeness (QED) is 0.887. The molecular formula is C16H23N3O. The Hall–Kier alpha value is -1.42. The van der Waals surface area contributed by atoms with Crippen LogP contribution in [0.1, 0.15) is 50.8 Å². The van der Waals surface area contributed by atoms with Gasteiger partial charge in [-0.3, -0.25) is 9.78 Å². The van der Waals surface area contributed by atoms with E-state index in [1.54, 1.807) is 6.20 Å². The predicted octanol–water partition coefficient (Wildman–Crippen LogP) is 2.18. The first kappa shape index (κ1) is 13.6. The van der Waals surface area contributed by atoms with Crippen molar-refractivity contribution in [1.82, 2.24) is 15.6 Å². The third-order valence-corrected chi connectivity index (χ3v) is 4.67. The molecule has 20 heavy (non-hydrogen) atoms. The van der Waals surface area contributed by atoms with E-state index in [1.807, 2.05) is 25.1 Å². The standard InChI is InChI=1S/C16H23N3O/c1-11(13-7-4-5-9-17-13)18-16(20)15-10-12-6-2-3-8-14(12)19-15/h4-5,7,9,11-12,14-15,19H,2-3,6,8,10H2,1H3,(H,18,20)/t11-,12?,14?,15?/m1/s1. The zero-order chi connectivity index (χ0) is 13.9. The average molecular weight is 273 g/mol. The number of rotatable bonds is 3. The minimum Gasteiger partial charge on any atom is -0.347 e. The molecule has 4 heteroatoms. The lowest BCUT2D eigenvalue weighted by molar-refractivity contribution is -0.123. The molecule has 1 aromatic rings. The van der Waals surface area contributed by atoms with Crippen molar-refractivity contribution in [2.24, 2.45) is 5.92 Å². The molecule has 4 nitrogen and oxygen atoms in total. The molecule has 0 aromatic carbocycles. The number of carbonyl (C=O) groups is 1. The Kier molecular flexibility index (Phi) is 4.01. The van der Waals surface area contributed by atoms with Gasteiger partial charge >= 0.3 is 0 Å². The molecule has 2 N–H and O–H groups in total. The highest BCUT2D eigenvalue weighted by atomic mass is 16.2. The number of carbonyl (C=O) groups excluding carboxylic acids is 1. The van der Waals surface area contributed by atoms with Gasteiger partial charge in [0.05, 0.1) is 17.8 Å². The van der Waals surface area contributed by atoms with Gasteiger partial charge in [0.25, 0.3) is 0 Å². The van der Waals surface area contributed by atoms with Crippen LogP contribution in [0.4, 0.5) is 0 Å². The van der Waals surface area contributed by atoms with Crippen LogP contribution in [0.25, 0.3) is 0 Å². The minimum absolute atomic E-state index is 0.0192. The number of nitrogens with zero attached hydrogens (tertiary/aromatic N) is 1. The largest absolute Gasteiger partial charge is 0.347 e. The summed E-state index contributed by atoms with van der Waals surface area (Å²) in [5, 5.41) is 6.60. The number of nitrogens with one attached hydrogen (secondary N) is 2. The molecule has 3 unspecified atom stereocenters. The van der Waals surface area contributed by atoms with Crippen LogP contribution in [0.5, 0.6) is 0 Å². The highest BCUT2D eigenvalue weighted by Gasteiger charge is 2.38. The zero-order valence-electron chi connectivity index (χ0n) is 12.0. The van der Waals surface area contributed by atoms with Crippen LogP contribution in [-0.4, -0.2) is 23.0 Å². The van der Waals surface area contributed by atoms with Crippen LogP contribution in [0.2, 0.25) is 0 Å². The first-order valence-electron chi connectivity index (χ1n) is 7.71. The van der Waals surface area contributed by atoms with Gasteiger partial charge in [0.15, 0.2) is 0 Å². The molecule has 1 aliphatic heterocycles. The summed E-state index contributed by atoms with van der Waals surface area (Å²) in [4.78, 5) is 16.7. The Labute approximate surface area is 120 Å². The molecule has 3 rings (SSSR count). The first-order chi connectivity index (χ1) is 9.74. The molecule has 108 valence electrons. The van der Waals surface area contributed by atoms with Crippen molar-refractivity contribution >= 4 is 5.91 Å². The van der Waals surface area contributed by atoms with Gasteiger partial charge in [0.1, 0.15) is 0 Å². The Balaban J connectivity index is 1.57. The van der Waals surface area contributed by atoms with Gasteiger partial charge in [-0.15, -0.1) is 0 Å². The zero-order valence-corrected chi connectivity index (χ0v) is 12.0. The normalized spacial score (nSPS) is 30.6. The van der Waals surface area contributed by atoms with Crippen molar-refractivity contribution in [3.63, 3.8) is 0 Å². The number of pyridine rings is 1. The number of fused-ring (bicyclic) bond motifs is 1. The summed E-state index contributed by atoms with van der Waals surface area (Å²) in [5.41, 5.74) is 0.913. The van der Waals surface area contributed by atoms with Crippen molar-refractivity contribution < 1.29 is 4.79 Å². The third-order valence-electron chi connectivity index (χ3n) is 4.67. The van der Waals surface area contributed by atoms with Crippen molar-refractivity contribution in [3.8, 4) is 0 Å². The molecule has 1 aliphatic carbocycles. The summed E-state index contributed by atoms with van der Waals surface area (Å²) in [6.07, 6.45) is 7.88. The number of hydrogen-bond acceptors (Lipinski definition) is 3. The molecule has 1 saturated carbocycles. The van der Waals surface area contributed by atoms with Gasteiger partial charge in [-0.05, 0) is 44.2 Å². The van der Waals surface area contributed by atoms with E-state index in [2.05, 4.69) is 15.6 Å². The summed E-state index contributed by atoms with van der Waals surface area (Å²) in [6.45, 7) is 1.99. The highest BCUT2D eigenvalue weighted by molar-refractivity contribution is 5.82. The van der Waals surface area contributed by atoms with Gasteiger partial charge in [-0.2, -0.15) is 0 Å². The number of aromatic nitrogens is 1. The van der Waals surface area contributed by atoms with Gasteiger partial charge in [0, 0.05) is 12.2 Å². The molecule has 1 aromatic heterocycles. The first-order valence-corrected chi connectivity index (χ1v) is 7.71. The molecule has 2 aliphatic rings. The van der Waals surface area contributed by atoms with Crippen LogP contribution in [0.3, 0.4) is 0 Å². The van der Waals surface area contributed by atoms with Crippen LogP contribution >= 0.6 is 0 Å². The maximum absolute atomic E-state index is 12.4. The van der Waals surface area contributed by atoms with Gasteiger partial charge < -0.3 is 10.6 Å². The molecule has 0 spiro atoms. The second-order valence-corrected chi connectivity index (χ2v) is 6.09. The molecular weight excluding hydrogens is 250 g/mol. The van der Waals surface area contributed by atoms with Crippen LogP contribution < -0.4 is 10.6 Å². The van der Waals surface area contributed by atoms with Crippen LogP contribution in [-0.2, 0) is 4.79 Å². The highest BCUT2D eigenvalue weighted by Crippen LogP contribution is 2.33. The van der Waals surface area contributed by atoms with Gasteiger partial charge in [0.2, 0.25) is 5.91 Å². The summed E-state index contributed by atoms with van der Waals surface area (Å²) in [6, 6.07) is 6.30. The van der Waals surface area contributed by atoms with E-state index in [-0.39, 0.29) is 18.0 Å². The molecule has 1 amide bonds. The maximum Gasteiger partial charge on any atom is 0.237 e. The fourth-order valence-electron chi connectivity index (χ4n) is 3.54. The van der Waals surface area contributed by atoms with E-state index in [1.165, 1.54) is 25.7 Å². The molecule has 4 atom stereocenters. The van der Waals surface area contributed by atoms with E-state index in [0.717, 1.165) is 12.1 Å². The predicted molar refractivity (Wildman–Crippen MR) is 78.1 cm³/mol. The van der Waals surface area contributed by atoms with E-state index in [4.69, 9.17) is 0 Å². The smallest absolute Gasteiger partial charge is 0.237 e. The summed E-state index contributed by atoms with van der Waals surface area (Å²) >= 11 is 0. The molecule has 0 radical (unpaired) electrons. The lowest BCUT2D eigenvalue weighted by atomic mass is 9.85. The SMILES string of the molecule is C[C@@H](NC(=O)C1CC2CCCCC2N1)c1ccccn1. The maximum atomic E-state index is 12.4. The summed E-state index contributed by atoms with van der Waals surface area (Å²) in [5.74, 6) is 0.821. The Morgan fingerprint density at radius 2 is 2.25 bits per heavy atom. The Morgan fingerprint density at radius 3 is 3.00 bits per heavy atom. The lowest BCUT2D eigenvalue weighted by Gasteiger charge is -2.24. The topological polar surface area (TPSA) is 54.0 Å². The fourth-order valence-corrected chi connectivity index (χ4v) is 3.54. The van der Waals surface area contributed by atoms with E-state index < -0.39 is 0 Å². The average Bonchev–Trinajstić information content (AvgIpc) is 2.92.